The number of benzene rings is 2. The van der Waals surface area contributed by atoms with Crippen molar-refractivity contribution in [3.63, 3.8) is 0 Å². The molecule has 0 fully saturated rings. The number of aryl methyl sites for hydroxylation is 5. The van der Waals surface area contributed by atoms with Crippen molar-refractivity contribution in [2.75, 3.05) is 7.11 Å². The van der Waals surface area contributed by atoms with Crippen molar-refractivity contribution in [2.45, 2.75) is 38.5 Å². The Labute approximate surface area is 189 Å². The van der Waals surface area contributed by atoms with Crippen LogP contribution >= 0.6 is 0 Å². The molecule has 0 saturated heterocycles. The van der Waals surface area contributed by atoms with Crippen molar-refractivity contribution in [3.05, 3.63) is 94.7 Å². The SMILES string of the molecule is COc1ccc2c(c1)c(CCCc1nccc(CCc3ccc4c(c3)C=CC4)n1)cn2C. The van der Waals surface area contributed by atoms with Crippen molar-refractivity contribution in [1.82, 2.24) is 14.5 Å². The lowest BCUT2D eigenvalue weighted by molar-refractivity contribution is 0.415. The van der Waals surface area contributed by atoms with E-state index in [9.17, 15) is 0 Å². The molecule has 0 aliphatic heterocycles. The van der Waals surface area contributed by atoms with Crippen molar-refractivity contribution in [3.8, 4) is 5.75 Å². The fraction of sp³-hybridized carbons (Fsp3) is 0.286. The Morgan fingerprint density at radius 3 is 2.84 bits per heavy atom. The number of methoxy groups -OCH3 is 1. The van der Waals surface area contributed by atoms with Gasteiger partial charge in [-0.2, -0.15) is 0 Å². The van der Waals surface area contributed by atoms with E-state index in [0.29, 0.717) is 0 Å². The summed E-state index contributed by atoms with van der Waals surface area (Å²) < 4.78 is 7.61. The first-order valence-corrected chi connectivity index (χ1v) is 11.4. The number of ether oxygens (including phenoxy) is 1. The van der Waals surface area contributed by atoms with Gasteiger partial charge in [-0.25, -0.2) is 9.97 Å². The van der Waals surface area contributed by atoms with Crippen LogP contribution in [0.3, 0.4) is 0 Å². The Morgan fingerprint density at radius 1 is 1.00 bits per heavy atom. The smallest absolute Gasteiger partial charge is 0.128 e. The predicted octanol–water partition coefficient (Wildman–Crippen LogP) is 5.51. The highest BCUT2D eigenvalue weighted by atomic mass is 16.5. The van der Waals surface area contributed by atoms with Gasteiger partial charge in [0, 0.05) is 42.5 Å². The number of hydrogen-bond donors (Lipinski definition) is 0. The average molecular weight is 424 g/mol. The first-order chi connectivity index (χ1) is 15.7. The summed E-state index contributed by atoms with van der Waals surface area (Å²) in [5.74, 6) is 1.84. The molecular weight excluding hydrogens is 394 g/mol. The van der Waals surface area contributed by atoms with E-state index in [4.69, 9.17) is 9.72 Å². The molecule has 32 heavy (non-hydrogen) atoms. The van der Waals surface area contributed by atoms with Crippen molar-refractivity contribution < 1.29 is 4.74 Å². The molecule has 1 aliphatic rings. The topological polar surface area (TPSA) is 39.9 Å². The van der Waals surface area contributed by atoms with Crippen LogP contribution in [0, 0.1) is 0 Å². The monoisotopic (exact) mass is 423 g/mol. The Bertz CT molecular complexity index is 1290. The van der Waals surface area contributed by atoms with Gasteiger partial charge in [-0.3, -0.25) is 0 Å². The molecule has 0 atom stereocenters. The highest BCUT2D eigenvalue weighted by Gasteiger charge is 2.09. The molecule has 0 amide bonds. The van der Waals surface area contributed by atoms with Crippen LogP contribution in [0.1, 0.15) is 40.2 Å². The number of fused-ring (bicyclic) bond motifs is 2. The Hall–Kier alpha value is -3.40. The van der Waals surface area contributed by atoms with Gasteiger partial charge in [-0.1, -0.05) is 30.4 Å². The average Bonchev–Trinajstić information content (AvgIpc) is 3.41. The number of aromatic nitrogens is 3. The van der Waals surface area contributed by atoms with E-state index in [1.54, 1.807) is 7.11 Å². The van der Waals surface area contributed by atoms with Crippen LogP contribution in [0.4, 0.5) is 0 Å². The van der Waals surface area contributed by atoms with Crippen LogP contribution in [-0.2, 0) is 39.2 Å². The predicted molar refractivity (Wildman–Crippen MR) is 130 cm³/mol. The summed E-state index contributed by atoms with van der Waals surface area (Å²) in [7, 11) is 3.82. The third kappa shape index (κ3) is 4.31. The standard InChI is InChI=1S/C28H29N3O/c1-31-19-23(26-18-25(32-2)13-14-27(26)31)7-4-8-28-29-16-15-24(30-28)12-10-20-9-11-21-5-3-6-22(21)17-20/h3,6,9,11,13-19H,4-5,7-8,10,12H2,1-2H3. The Kier molecular flexibility index (Phi) is 5.76. The zero-order chi connectivity index (χ0) is 21.9. The quantitative estimate of drug-likeness (QED) is 0.375. The van der Waals surface area contributed by atoms with E-state index in [1.807, 2.05) is 18.3 Å². The van der Waals surface area contributed by atoms with Gasteiger partial charge in [-0.05, 0) is 78.6 Å². The first kappa shape index (κ1) is 20.5. The Morgan fingerprint density at radius 2 is 1.94 bits per heavy atom. The van der Waals surface area contributed by atoms with Crippen LogP contribution in [0.15, 0.2) is 60.9 Å². The molecule has 162 valence electrons. The van der Waals surface area contributed by atoms with Gasteiger partial charge in [-0.15, -0.1) is 0 Å². The second kappa shape index (κ2) is 8.99. The molecule has 0 spiro atoms. The molecule has 4 heteroatoms. The molecule has 0 unspecified atom stereocenters. The second-order valence-corrected chi connectivity index (χ2v) is 8.61. The van der Waals surface area contributed by atoms with Crippen molar-refractivity contribution >= 4 is 17.0 Å². The molecule has 5 rings (SSSR count). The van der Waals surface area contributed by atoms with Gasteiger partial charge in [0.25, 0.3) is 0 Å². The molecule has 2 aromatic heterocycles. The molecule has 1 aliphatic carbocycles. The van der Waals surface area contributed by atoms with E-state index in [2.05, 4.69) is 65.3 Å². The fourth-order valence-corrected chi connectivity index (χ4v) is 4.64. The summed E-state index contributed by atoms with van der Waals surface area (Å²) >= 11 is 0. The van der Waals surface area contributed by atoms with Gasteiger partial charge < -0.3 is 9.30 Å². The first-order valence-electron chi connectivity index (χ1n) is 11.4. The van der Waals surface area contributed by atoms with Gasteiger partial charge in [0.2, 0.25) is 0 Å². The summed E-state index contributed by atoms with van der Waals surface area (Å²) in [6, 6.07) is 15.2. The fourth-order valence-electron chi connectivity index (χ4n) is 4.64. The van der Waals surface area contributed by atoms with Gasteiger partial charge in [0.05, 0.1) is 7.11 Å². The lowest BCUT2D eigenvalue weighted by atomic mass is 10.0. The van der Waals surface area contributed by atoms with Crippen LogP contribution < -0.4 is 4.74 Å². The van der Waals surface area contributed by atoms with Crippen LogP contribution in [0.25, 0.3) is 17.0 Å². The van der Waals surface area contributed by atoms with Gasteiger partial charge in [0.1, 0.15) is 11.6 Å². The zero-order valence-corrected chi connectivity index (χ0v) is 18.8. The second-order valence-electron chi connectivity index (χ2n) is 8.61. The normalized spacial score (nSPS) is 12.4. The number of nitrogens with zero attached hydrogens (tertiary/aromatic N) is 3. The largest absolute Gasteiger partial charge is 0.497 e. The van der Waals surface area contributed by atoms with Crippen molar-refractivity contribution in [1.29, 1.82) is 0 Å². The van der Waals surface area contributed by atoms with Gasteiger partial charge in [0.15, 0.2) is 0 Å². The summed E-state index contributed by atoms with van der Waals surface area (Å²) in [5, 5.41) is 1.27. The molecule has 0 bridgehead atoms. The summed E-state index contributed by atoms with van der Waals surface area (Å²) in [4.78, 5) is 9.36. The maximum absolute atomic E-state index is 5.42. The van der Waals surface area contributed by atoms with Crippen LogP contribution in [0.5, 0.6) is 5.75 Å². The van der Waals surface area contributed by atoms with E-state index in [1.165, 1.54) is 33.2 Å². The molecule has 4 aromatic rings. The number of allylic oxidation sites excluding steroid dienone is 1. The van der Waals surface area contributed by atoms with Crippen LogP contribution in [-0.4, -0.2) is 21.6 Å². The molecule has 0 N–H and O–H groups in total. The molecule has 0 radical (unpaired) electrons. The van der Waals surface area contributed by atoms with E-state index >= 15 is 0 Å². The summed E-state index contributed by atoms with van der Waals surface area (Å²) in [5.41, 5.74) is 7.90. The minimum atomic E-state index is 0.887. The summed E-state index contributed by atoms with van der Waals surface area (Å²) in [6.07, 6.45) is 14.5. The Balaban J connectivity index is 1.20. The summed E-state index contributed by atoms with van der Waals surface area (Å²) in [6.45, 7) is 0. The molecular formula is C28H29N3O. The zero-order valence-electron chi connectivity index (χ0n) is 18.8. The number of rotatable bonds is 8. The van der Waals surface area contributed by atoms with E-state index < -0.39 is 0 Å². The minimum absolute atomic E-state index is 0.887. The van der Waals surface area contributed by atoms with Gasteiger partial charge >= 0.3 is 0 Å². The lowest BCUT2D eigenvalue weighted by Crippen LogP contribution is -2.02. The molecule has 0 saturated carbocycles. The molecule has 2 heterocycles. The maximum atomic E-state index is 5.42. The van der Waals surface area contributed by atoms with Crippen molar-refractivity contribution in [2.24, 2.45) is 7.05 Å². The highest BCUT2D eigenvalue weighted by molar-refractivity contribution is 5.85. The highest BCUT2D eigenvalue weighted by Crippen LogP contribution is 2.26. The maximum Gasteiger partial charge on any atom is 0.128 e. The van der Waals surface area contributed by atoms with E-state index in [0.717, 1.165) is 55.8 Å². The number of hydrogen-bond acceptors (Lipinski definition) is 3. The molecule has 2 aromatic carbocycles. The lowest BCUT2D eigenvalue weighted by Gasteiger charge is -2.06. The minimum Gasteiger partial charge on any atom is -0.497 e. The molecule has 4 nitrogen and oxygen atoms in total. The third-order valence-corrected chi connectivity index (χ3v) is 6.40. The third-order valence-electron chi connectivity index (χ3n) is 6.40. The van der Waals surface area contributed by atoms with E-state index in [-0.39, 0.29) is 0 Å². The van der Waals surface area contributed by atoms with Crippen LogP contribution in [0.2, 0.25) is 0 Å².